The molecule has 2 aliphatic rings. The molecule has 3 N–H and O–H groups in total. The highest BCUT2D eigenvalue weighted by Gasteiger charge is 2.39. The highest BCUT2D eigenvalue weighted by atomic mass is 35.5. The maximum Gasteiger partial charge on any atom is 0.253 e. The van der Waals surface area contributed by atoms with Crippen molar-refractivity contribution in [2.75, 3.05) is 38.5 Å². The zero-order valence-corrected chi connectivity index (χ0v) is 18.9. The number of alkyl halides is 1. The Kier molecular flexibility index (Phi) is 6.45. The Hall–Kier alpha value is -2.91. The number of anilines is 1. The fourth-order valence-electron chi connectivity index (χ4n) is 4.25. The molecule has 2 aromatic carbocycles. The van der Waals surface area contributed by atoms with Gasteiger partial charge in [-0.15, -0.1) is 0 Å². The first-order valence-electron chi connectivity index (χ1n) is 10.6. The highest BCUT2D eigenvalue weighted by Crippen LogP contribution is 2.35. The van der Waals surface area contributed by atoms with Gasteiger partial charge in [-0.1, -0.05) is 17.7 Å². The van der Waals surface area contributed by atoms with Gasteiger partial charge in [0.05, 0.1) is 22.8 Å². The summed E-state index contributed by atoms with van der Waals surface area (Å²) in [6.07, 6.45) is -0.186. The van der Waals surface area contributed by atoms with Crippen LogP contribution < -0.4 is 15.8 Å². The van der Waals surface area contributed by atoms with Gasteiger partial charge in [0.25, 0.3) is 11.8 Å². The van der Waals surface area contributed by atoms with Crippen LogP contribution in [0, 0.1) is 5.82 Å². The lowest BCUT2D eigenvalue weighted by Crippen LogP contribution is -2.53. The first-order valence-corrected chi connectivity index (χ1v) is 11.0. The molecule has 4 rings (SSSR count). The average Bonchev–Trinajstić information content (AvgIpc) is 2.79. The molecule has 0 spiro atoms. The molecular formula is C23H25ClF2N4O3. The van der Waals surface area contributed by atoms with Crippen molar-refractivity contribution in [3.8, 4) is 5.75 Å². The first kappa shape index (κ1) is 23.3. The maximum absolute atomic E-state index is 15.6. The summed E-state index contributed by atoms with van der Waals surface area (Å²) in [6, 6.07) is 8.90. The van der Waals surface area contributed by atoms with E-state index in [0.717, 1.165) is 6.07 Å². The lowest BCUT2D eigenvalue weighted by atomic mass is 9.92. The second-order valence-electron chi connectivity index (χ2n) is 8.49. The standard InChI is InChI=1S/C23H25ClF2N4O3/c1-29(19-12-28-18-4-2-3-15(21(27)31)20(18)33-19)13-23(26)7-9-30(10-8-23)22(32)14-5-6-17(25)16(24)11-14/h2-6,11,19,28H,7-10,12-13H2,1H3,(H2,27,31). The van der Waals surface area contributed by atoms with E-state index >= 15 is 4.39 Å². The van der Waals surface area contributed by atoms with Gasteiger partial charge in [0.15, 0.2) is 12.0 Å². The fourth-order valence-corrected chi connectivity index (χ4v) is 4.43. The van der Waals surface area contributed by atoms with Crippen LogP contribution in [0.1, 0.15) is 33.6 Å². The van der Waals surface area contributed by atoms with Crippen LogP contribution >= 0.6 is 11.6 Å². The Morgan fingerprint density at radius 1 is 1.30 bits per heavy atom. The van der Waals surface area contributed by atoms with E-state index < -0.39 is 23.6 Å². The molecule has 176 valence electrons. The minimum Gasteiger partial charge on any atom is -0.470 e. The quantitative estimate of drug-likeness (QED) is 0.688. The number of carbonyl (C=O) groups excluding carboxylic acids is 2. The van der Waals surface area contributed by atoms with E-state index in [0.29, 0.717) is 18.0 Å². The van der Waals surface area contributed by atoms with Crippen LogP contribution in [0.3, 0.4) is 0 Å². The number of nitrogens with one attached hydrogen (secondary N) is 1. The second kappa shape index (κ2) is 9.15. The number of para-hydroxylation sites is 1. The Morgan fingerprint density at radius 3 is 2.70 bits per heavy atom. The lowest BCUT2D eigenvalue weighted by Gasteiger charge is -2.41. The summed E-state index contributed by atoms with van der Waals surface area (Å²) in [5.74, 6) is -1.14. The van der Waals surface area contributed by atoms with Crippen LogP contribution in [0.15, 0.2) is 36.4 Å². The van der Waals surface area contributed by atoms with Gasteiger partial charge in [-0.3, -0.25) is 14.5 Å². The molecule has 0 saturated carbocycles. The van der Waals surface area contributed by atoms with Crippen LogP contribution in [0.25, 0.3) is 0 Å². The number of hydrogen-bond acceptors (Lipinski definition) is 5. The maximum atomic E-state index is 15.6. The van der Waals surface area contributed by atoms with Crippen molar-refractivity contribution < 1.29 is 23.1 Å². The molecule has 7 nitrogen and oxygen atoms in total. The van der Waals surface area contributed by atoms with E-state index in [1.165, 1.54) is 12.1 Å². The summed E-state index contributed by atoms with van der Waals surface area (Å²) in [5, 5.41) is 3.08. The van der Waals surface area contributed by atoms with Crippen molar-refractivity contribution in [1.29, 1.82) is 0 Å². The average molecular weight is 479 g/mol. The molecule has 1 unspecified atom stereocenters. The number of ether oxygens (including phenoxy) is 1. The van der Waals surface area contributed by atoms with Gasteiger partial charge >= 0.3 is 0 Å². The molecule has 2 heterocycles. The first-order chi connectivity index (χ1) is 15.7. The Balaban J connectivity index is 1.37. The molecule has 33 heavy (non-hydrogen) atoms. The van der Waals surface area contributed by atoms with Gasteiger partial charge in [0.1, 0.15) is 11.5 Å². The fraction of sp³-hybridized carbons (Fsp3) is 0.391. The number of benzene rings is 2. The van der Waals surface area contributed by atoms with Crippen molar-refractivity contribution in [2.24, 2.45) is 5.73 Å². The van der Waals surface area contributed by atoms with E-state index in [2.05, 4.69) is 5.32 Å². The third kappa shape index (κ3) is 4.89. The zero-order valence-electron chi connectivity index (χ0n) is 18.1. The summed E-state index contributed by atoms with van der Waals surface area (Å²) in [5.41, 5.74) is 5.14. The van der Waals surface area contributed by atoms with Gasteiger partial charge in [0.2, 0.25) is 0 Å². The predicted molar refractivity (Wildman–Crippen MR) is 121 cm³/mol. The molecule has 2 aliphatic heterocycles. The second-order valence-corrected chi connectivity index (χ2v) is 8.89. The number of likely N-dealkylation sites (N-methyl/N-ethyl adjacent to an activating group) is 1. The number of piperidine rings is 1. The third-order valence-electron chi connectivity index (χ3n) is 6.14. The minimum absolute atomic E-state index is 0.0951. The van der Waals surface area contributed by atoms with Gasteiger partial charge in [-0.05, 0) is 37.4 Å². The van der Waals surface area contributed by atoms with Crippen LogP contribution in [0.5, 0.6) is 5.75 Å². The molecule has 0 aliphatic carbocycles. The monoisotopic (exact) mass is 478 g/mol. The van der Waals surface area contributed by atoms with Gasteiger partial charge in [0, 0.05) is 38.0 Å². The van der Waals surface area contributed by atoms with Crippen molar-refractivity contribution in [1.82, 2.24) is 9.80 Å². The van der Waals surface area contributed by atoms with Gasteiger partial charge in [-0.25, -0.2) is 8.78 Å². The zero-order chi connectivity index (χ0) is 23.8. The summed E-state index contributed by atoms with van der Waals surface area (Å²) < 4.78 is 35.0. The van der Waals surface area contributed by atoms with Crippen molar-refractivity contribution in [2.45, 2.75) is 24.7 Å². The highest BCUT2D eigenvalue weighted by molar-refractivity contribution is 6.31. The summed E-state index contributed by atoms with van der Waals surface area (Å²) in [7, 11) is 1.75. The van der Waals surface area contributed by atoms with E-state index in [-0.39, 0.29) is 54.5 Å². The number of amides is 2. The molecule has 2 aromatic rings. The molecule has 2 amide bonds. The molecule has 1 atom stereocenters. The Labute approximate surface area is 195 Å². The van der Waals surface area contributed by atoms with E-state index in [1.54, 1.807) is 35.0 Å². The summed E-state index contributed by atoms with van der Waals surface area (Å²) in [4.78, 5) is 27.7. The molecular weight excluding hydrogens is 454 g/mol. The Morgan fingerprint density at radius 2 is 2.03 bits per heavy atom. The number of likely N-dealkylation sites (tertiary alicyclic amines) is 1. The molecule has 0 bridgehead atoms. The number of nitrogens with two attached hydrogens (primary N) is 1. The minimum atomic E-state index is -1.52. The van der Waals surface area contributed by atoms with Gasteiger partial charge in [-0.2, -0.15) is 0 Å². The van der Waals surface area contributed by atoms with Crippen molar-refractivity contribution in [3.05, 3.63) is 58.4 Å². The van der Waals surface area contributed by atoms with Crippen LogP contribution in [0.4, 0.5) is 14.5 Å². The van der Waals surface area contributed by atoms with E-state index in [4.69, 9.17) is 22.1 Å². The predicted octanol–water partition coefficient (Wildman–Crippen LogP) is 3.28. The number of primary amides is 1. The van der Waals surface area contributed by atoms with Crippen LogP contribution in [0.2, 0.25) is 5.02 Å². The largest absolute Gasteiger partial charge is 0.470 e. The number of fused-ring (bicyclic) bond motifs is 1. The normalized spacial score (nSPS) is 19.4. The SMILES string of the molecule is CN(CC1(F)CCN(C(=O)c2ccc(F)c(Cl)c2)CC1)C1CNc2cccc(C(N)=O)c2O1. The lowest BCUT2D eigenvalue weighted by molar-refractivity contribution is -0.0194. The molecule has 0 aromatic heterocycles. The van der Waals surface area contributed by atoms with Crippen LogP contribution in [-0.4, -0.2) is 66.7 Å². The topological polar surface area (TPSA) is 87.9 Å². The van der Waals surface area contributed by atoms with E-state index in [1.807, 2.05) is 0 Å². The molecule has 1 saturated heterocycles. The smallest absolute Gasteiger partial charge is 0.253 e. The Bertz CT molecular complexity index is 1080. The molecule has 0 radical (unpaired) electrons. The number of carbonyl (C=O) groups is 2. The molecule has 10 heteroatoms. The summed E-state index contributed by atoms with van der Waals surface area (Å²) in [6.45, 7) is 0.975. The molecule has 1 fully saturated rings. The van der Waals surface area contributed by atoms with Crippen molar-refractivity contribution in [3.63, 3.8) is 0 Å². The number of rotatable bonds is 5. The van der Waals surface area contributed by atoms with Crippen molar-refractivity contribution >= 4 is 29.1 Å². The number of nitrogens with zero attached hydrogens (tertiary/aromatic N) is 2. The number of halogens is 3. The number of hydrogen-bond donors (Lipinski definition) is 2. The van der Waals surface area contributed by atoms with Gasteiger partial charge < -0.3 is 20.7 Å². The summed E-state index contributed by atoms with van der Waals surface area (Å²) >= 11 is 5.78. The van der Waals surface area contributed by atoms with E-state index in [9.17, 15) is 14.0 Å². The third-order valence-corrected chi connectivity index (χ3v) is 6.43. The van der Waals surface area contributed by atoms with Crippen LogP contribution in [-0.2, 0) is 0 Å².